The lowest BCUT2D eigenvalue weighted by molar-refractivity contribution is -0.141. The van der Waals surface area contributed by atoms with E-state index < -0.39 is 11.9 Å². The topological polar surface area (TPSA) is 70.5 Å². The van der Waals surface area contributed by atoms with E-state index in [9.17, 15) is 9.59 Å². The summed E-state index contributed by atoms with van der Waals surface area (Å²) in [6, 6.07) is 12.5. The number of benzene rings is 1. The summed E-state index contributed by atoms with van der Waals surface area (Å²) in [5, 5.41) is 9.10. The van der Waals surface area contributed by atoms with Crippen LogP contribution in [0.5, 0.6) is 0 Å². The molecule has 5 nitrogen and oxygen atoms in total. The van der Waals surface area contributed by atoms with Crippen molar-refractivity contribution >= 4 is 11.9 Å². The first-order chi connectivity index (χ1) is 10.6. The fourth-order valence-corrected chi connectivity index (χ4v) is 2.10. The molecular formula is C17H18N2O3. The number of aliphatic carboxylic acids is 1. The Morgan fingerprint density at radius 3 is 2.36 bits per heavy atom. The van der Waals surface area contributed by atoms with Crippen LogP contribution in [-0.2, 0) is 11.3 Å². The zero-order chi connectivity index (χ0) is 15.9. The van der Waals surface area contributed by atoms with Gasteiger partial charge in [0, 0.05) is 31.0 Å². The van der Waals surface area contributed by atoms with Crippen LogP contribution in [0.3, 0.4) is 0 Å². The third-order valence-electron chi connectivity index (χ3n) is 3.35. The molecule has 2 rings (SSSR count). The lowest BCUT2D eigenvalue weighted by atomic mass is 10.1. The Bertz CT molecular complexity index is 629. The third-order valence-corrected chi connectivity index (χ3v) is 3.35. The first-order valence-electron chi connectivity index (χ1n) is 7.04. The highest BCUT2D eigenvalue weighted by Crippen LogP contribution is 2.12. The van der Waals surface area contributed by atoms with E-state index in [1.54, 1.807) is 48.5 Å². The van der Waals surface area contributed by atoms with Crippen molar-refractivity contribution < 1.29 is 14.7 Å². The minimum absolute atomic E-state index is 0.158. The van der Waals surface area contributed by atoms with E-state index in [-0.39, 0.29) is 12.5 Å². The molecule has 1 heterocycles. The summed E-state index contributed by atoms with van der Waals surface area (Å²) >= 11 is 0. The summed E-state index contributed by atoms with van der Waals surface area (Å²) in [5.41, 5.74) is 1.46. The maximum absolute atomic E-state index is 12.6. The molecule has 0 radical (unpaired) electrons. The highest BCUT2D eigenvalue weighted by atomic mass is 16.4. The third kappa shape index (κ3) is 4.15. The van der Waals surface area contributed by atoms with Crippen molar-refractivity contribution in [2.75, 3.05) is 6.54 Å². The van der Waals surface area contributed by atoms with Crippen LogP contribution in [0, 0.1) is 5.92 Å². The average Bonchev–Trinajstić information content (AvgIpc) is 2.55. The van der Waals surface area contributed by atoms with Crippen molar-refractivity contribution in [3.63, 3.8) is 0 Å². The van der Waals surface area contributed by atoms with Crippen molar-refractivity contribution in [2.45, 2.75) is 13.5 Å². The molecule has 1 aromatic carbocycles. The van der Waals surface area contributed by atoms with Crippen LogP contribution >= 0.6 is 0 Å². The van der Waals surface area contributed by atoms with Gasteiger partial charge in [0.2, 0.25) is 0 Å². The van der Waals surface area contributed by atoms with E-state index in [1.807, 2.05) is 18.2 Å². The molecule has 2 aromatic rings. The van der Waals surface area contributed by atoms with Crippen LogP contribution < -0.4 is 0 Å². The van der Waals surface area contributed by atoms with Crippen molar-refractivity contribution in [3.05, 3.63) is 66.0 Å². The largest absolute Gasteiger partial charge is 0.481 e. The number of rotatable bonds is 6. The van der Waals surface area contributed by atoms with Gasteiger partial charge in [0.05, 0.1) is 5.92 Å². The quantitative estimate of drug-likeness (QED) is 0.889. The number of carboxylic acid groups (broad SMARTS) is 1. The molecule has 0 bridgehead atoms. The number of carbonyl (C=O) groups is 2. The molecule has 0 spiro atoms. The molecule has 0 aliphatic rings. The van der Waals surface area contributed by atoms with Gasteiger partial charge in [-0.25, -0.2) is 0 Å². The molecule has 1 aromatic heterocycles. The first kappa shape index (κ1) is 15.7. The molecule has 1 atom stereocenters. The highest BCUT2D eigenvalue weighted by molar-refractivity contribution is 5.94. The molecule has 5 heteroatoms. The Balaban J connectivity index is 2.21. The average molecular weight is 298 g/mol. The molecule has 1 unspecified atom stereocenters. The van der Waals surface area contributed by atoms with E-state index >= 15 is 0 Å². The Hall–Kier alpha value is -2.69. The Morgan fingerprint density at radius 2 is 1.77 bits per heavy atom. The summed E-state index contributed by atoms with van der Waals surface area (Å²) in [4.78, 5) is 29.2. The number of carbonyl (C=O) groups excluding carboxylic acids is 1. The van der Waals surface area contributed by atoms with Crippen molar-refractivity contribution in [3.8, 4) is 0 Å². The standard InChI is InChI=1S/C17H18N2O3/c1-13(17(21)22)11-19(12-14-7-9-18-10-8-14)16(20)15-5-3-2-4-6-15/h2-10,13H,11-12H2,1H3,(H,21,22). The second-order valence-electron chi connectivity index (χ2n) is 5.15. The van der Waals surface area contributed by atoms with Gasteiger partial charge in [0.1, 0.15) is 0 Å². The maximum atomic E-state index is 12.6. The second-order valence-corrected chi connectivity index (χ2v) is 5.15. The predicted octanol–water partition coefficient (Wildman–Crippen LogP) is 2.44. The van der Waals surface area contributed by atoms with E-state index in [0.717, 1.165) is 5.56 Å². The van der Waals surface area contributed by atoms with Gasteiger partial charge in [0.25, 0.3) is 5.91 Å². The van der Waals surface area contributed by atoms with E-state index in [4.69, 9.17) is 5.11 Å². The van der Waals surface area contributed by atoms with Gasteiger partial charge in [-0.15, -0.1) is 0 Å². The number of hydrogen-bond donors (Lipinski definition) is 1. The minimum Gasteiger partial charge on any atom is -0.481 e. The number of carboxylic acids is 1. The molecule has 114 valence electrons. The Morgan fingerprint density at radius 1 is 1.14 bits per heavy atom. The number of hydrogen-bond acceptors (Lipinski definition) is 3. The molecule has 0 aliphatic heterocycles. The van der Waals surface area contributed by atoms with Gasteiger partial charge in [-0.3, -0.25) is 14.6 Å². The minimum atomic E-state index is -0.916. The molecular weight excluding hydrogens is 280 g/mol. The number of aromatic nitrogens is 1. The zero-order valence-electron chi connectivity index (χ0n) is 12.3. The normalized spacial score (nSPS) is 11.7. The van der Waals surface area contributed by atoms with Crippen LogP contribution in [-0.4, -0.2) is 33.4 Å². The van der Waals surface area contributed by atoms with Crippen molar-refractivity contribution in [1.29, 1.82) is 0 Å². The molecule has 1 amide bonds. The summed E-state index contributed by atoms with van der Waals surface area (Å²) in [5.74, 6) is -1.72. The lowest BCUT2D eigenvalue weighted by Gasteiger charge is -2.24. The highest BCUT2D eigenvalue weighted by Gasteiger charge is 2.21. The molecule has 0 saturated carbocycles. The smallest absolute Gasteiger partial charge is 0.308 e. The molecule has 22 heavy (non-hydrogen) atoms. The number of amides is 1. The second kappa shape index (κ2) is 7.36. The van der Waals surface area contributed by atoms with Gasteiger partial charge in [0.15, 0.2) is 0 Å². The van der Waals surface area contributed by atoms with Crippen LogP contribution in [0.25, 0.3) is 0 Å². The predicted molar refractivity (Wildman–Crippen MR) is 82.2 cm³/mol. The summed E-state index contributed by atoms with van der Waals surface area (Å²) in [6.07, 6.45) is 3.31. The monoisotopic (exact) mass is 298 g/mol. The van der Waals surface area contributed by atoms with Crippen LogP contribution in [0.15, 0.2) is 54.9 Å². The molecule has 0 saturated heterocycles. The molecule has 1 N–H and O–H groups in total. The van der Waals surface area contributed by atoms with Gasteiger partial charge in [-0.05, 0) is 29.8 Å². The Kier molecular flexibility index (Phi) is 5.25. The van der Waals surface area contributed by atoms with Gasteiger partial charge in [-0.2, -0.15) is 0 Å². The maximum Gasteiger partial charge on any atom is 0.308 e. The van der Waals surface area contributed by atoms with Crippen LogP contribution in [0.4, 0.5) is 0 Å². The van der Waals surface area contributed by atoms with Gasteiger partial charge in [-0.1, -0.05) is 25.1 Å². The fraction of sp³-hybridized carbons (Fsp3) is 0.235. The zero-order valence-corrected chi connectivity index (χ0v) is 12.3. The first-order valence-corrected chi connectivity index (χ1v) is 7.04. The number of pyridine rings is 1. The van der Waals surface area contributed by atoms with Crippen molar-refractivity contribution in [1.82, 2.24) is 9.88 Å². The fourth-order valence-electron chi connectivity index (χ4n) is 2.10. The SMILES string of the molecule is CC(CN(Cc1ccncc1)C(=O)c1ccccc1)C(=O)O. The Labute approximate surface area is 129 Å². The van der Waals surface area contributed by atoms with Gasteiger partial charge < -0.3 is 10.0 Å². The summed E-state index contributed by atoms with van der Waals surface area (Å²) in [7, 11) is 0. The van der Waals surface area contributed by atoms with E-state index in [2.05, 4.69) is 4.98 Å². The van der Waals surface area contributed by atoms with E-state index in [0.29, 0.717) is 12.1 Å². The lowest BCUT2D eigenvalue weighted by Crippen LogP contribution is -2.36. The van der Waals surface area contributed by atoms with Crippen LogP contribution in [0.1, 0.15) is 22.8 Å². The molecule has 0 aliphatic carbocycles. The number of nitrogens with zero attached hydrogens (tertiary/aromatic N) is 2. The summed E-state index contributed by atoms with van der Waals surface area (Å²) in [6.45, 7) is 2.11. The summed E-state index contributed by atoms with van der Waals surface area (Å²) < 4.78 is 0. The van der Waals surface area contributed by atoms with Crippen LogP contribution in [0.2, 0.25) is 0 Å². The van der Waals surface area contributed by atoms with Crippen molar-refractivity contribution in [2.24, 2.45) is 5.92 Å². The van der Waals surface area contributed by atoms with E-state index in [1.165, 1.54) is 0 Å². The molecule has 0 fully saturated rings. The van der Waals surface area contributed by atoms with Gasteiger partial charge >= 0.3 is 5.97 Å².